The number of rotatable bonds is 1. The molecule has 1 unspecified atom stereocenters. The van der Waals surface area contributed by atoms with Crippen LogP contribution in [-0.4, -0.2) is 30.5 Å². The number of hydrogen-bond acceptors (Lipinski definition) is 3. The van der Waals surface area contributed by atoms with Gasteiger partial charge in [0.1, 0.15) is 0 Å². The molecule has 1 saturated heterocycles. The number of hydrogen-bond donors (Lipinski definition) is 1. The summed E-state index contributed by atoms with van der Waals surface area (Å²) in [6.45, 7) is 2.90. The van der Waals surface area contributed by atoms with Gasteiger partial charge in [0.2, 0.25) is 0 Å². The fourth-order valence-electron chi connectivity index (χ4n) is 2.19. The van der Waals surface area contributed by atoms with Gasteiger partial charge in [-0.05, 0) is 17.7 Å². The van der Waals surface area contributed by atoms with E-state index in [0.29, 0.717) is 6.04 Å². The van der Waals surface area contributed by atoms with Gasteiger partial charge >= 0.3 is 0 Å². The summed E-state index contributed by atoms with van der Waals surface area (Å²) in [5.74, 6) is 1.05. The average Bonchev–Trinajstić information content (AvgIpc) is 2.80. The molecule has 15 heavy (non-hydrogen) atoms. The van der Waals surface area contributed by atoms with E-state index in [1.165, 1.54) is 5.56 Å². The Bertz CT molecular complexity index is 399. The minimum absolute atomic E-state index is 0.396. The van der Waals surface area contributed by atoms with Crippen molar-refractivity contribution < 1.29 is 0 Å². The highest BCUT2D eigenvalue weighted by molar-refractivity contribution is 6.30. The monoisotopic (exact) mass is 221 g/mol. The Morgan fingerprint density at radius 1 is 1.33 bits per heavy atom. The van der Waals surface area contributed by atoms with E-state index in [1.807, 2.05) is 12.1 Å². The van der Waals surface area contributed by atoms with Gasteiger partial charge in [0, 0.05) is 18.1 Å². The number of nitrogens with one attached hydrogen (secondary N) is 1. The van der Waals surface area contributed by atoms with Gasteiger partial charge in [0.25, 0.3) is 0 Å². The van der Waals surface area contributed by atoms with Crippen LogP contribution in [0.3, 0.4) is 0 Å². The van der Waals surface area contributed by atoms with Crippen LogP contribution in [0.4, 0.5) is 0 Å². The molecule has 0 bridgehead atoms. The Kier molecular flexibility index (Phi) is 2.06. The topological polar surface area (TPSA) is 27.6 Å². The molecule has 2 aliphatic rings. The summed E-state index contributed by atoms with van der Waals surface area (Å²) in [5.41, 5.74) is 1.29. The molecular formula is C11H12ClN3. The van der Waals surface area contributed by atoms with Crippen molar-refractivity contribution in [1.82, 2.24) is 10.2 Å². The minimum Gasteiger partial charge on any atom is -0.354 e. The number of nitrogens with zero attached hydrogens (tertiary/aromatic N) is 2. The van der Waals surface area contributed by atoms with Crippen LogP contribution in [0.15, 0.2) is 29.3 Å². The van der Waals surface area contributed by atoms with Crippen molar-refractivity contribution in [2.45, 2.75) is 6.04 Å². The maximum absolute atomic E-state index is 5.88. The molecule has 4 heteroatoms. The maximum atomic E-state index is 5.88. The Hall–Kier alpha value is -1.22. The van der Waals surface area contributed by atoms with Crippen LogP contribution in [0.5, 0.6) is 0 Å². The fraction of sp³-hybridized carbons (Fsp3) is 0.364. The number of aliphatic imine (C=N–C) groups is 1. The van der Waals surface area contributed by atoms with Crippen LogP contribution < -0.4 is 5.32 Å². The highest BCUT2D eigenvalue weighted by Crippen LogP contribution is 2.27. The van der Waals surface area contributed by atoms with Gasteiger partial charge in [-0.15, -0.1) is 0 Å². The van der Waals surface area contributed by atoms with E-state index in [9.17, 15) is 0 Å². The molecule has 1 aromatic rings. The zero-order valence-electron chi connectivity index (χ0n) is 8.28. The lowest BCUT2D eigenvalue weighted by molar-refractivity contribution is 0.381. The van der Waals surface area contributed by atoms with E-state index in [4.69, 9.17) is 11.6 Å². The van der Waals surface area contributed by atoms with Gasteiger partial charge in [0.15, 0.2) is 5.96 Å². The van der Waals surface area contributed by atoms with Gasteiger partial charge in [-0.3, -0.25) is 4.99 Å². The molecule has 3 rings (SSSR count). The molecule has 2 heterocycles. The van der Waals surface area contributed by atoms with Crippen LogP contribution in [-0.2, 0) is 0 Å². The molecule has 1 N–H and O–H groups in total. The molecule has 0 spiro atoms. The first-order valence-electron chi connectivity index (χ1n) is 5.15. The normalized spacial score (nSPS) is 23.7. The molecule has 0 aromatic heterocycles. The van der Waals surface area contributed by atoms with Gasteiger partial charge in [-0.25, -0.2) is 0 Å². The van der Waals surface area contributed by atoms with E-state index in [-0.39, 0.29) is 0 Å². The van der Waals surface area contributed by atoms with E-state index in [2.05, 4.69) is 27.3 Å². The van der Waals surface area contributed by atoms with Crippen molar-refractivity contribution in [3.8, 4) is 0 Å². The molecule has 1 fully saturated rings. The standard InChI is InChI=1S/C11H12ClN3/c12-9-3-1-8(2-4-9)10-7-14-11-13-5-6-15(10)11/h1-4,10H,5-7H2,(H,13,14). The Balaban J connectivity index is 1.87. The predicted molar refractivity (Wildman–Crippen MR) is 61.2 cm³/mol. The molecule has 1 atom stereocenters. The zero-order valence-corrected chi connectivity index (χ0v) is 9.04. The lowest BCUT2D eigenvalue weighted by atomic mass is 10.1. The molecule has 3 nitrogen and oxygen atoms in total. The van der Waals surface area contributed by atoms with Crippen molar-refractivity contribution in [1.29, 1.82) is 0 Å². The summed E-state index contributed by atoms with van der Waals surface area (Å²) in [5, 5.41) is 4.07. The highest BCUT2D eigenvalue weighted by atomic mass is 35.5. The Labute approximate surface area is 93.8 Å². The fourth-order valence-corrected chi connectivity index (χ4v) is 2.31. The third-order valence-electron chi connectivity index (χ3n) is 2.95. The summed E-state index contributed by atoms with van der Waals surface area (Å²) in [6.07, 6.45) is 0. The first kappa shape index (κ1) is 9.04. The third kappa shape index (κ3) is 1.47. The highest BCUT2D eigenvalue weighted by Gasteiger charge is 2.31. The van der Waals surface area contributed by atoms with Gasteiger partial charge in [-0.1, -0.05) is 23.7 Å². The smallest absolute Gasteiger partial charge is 0.194 e. The van der Waals surface area contributed by atoms with E-state index in [1.54, 1.807) is 0 Å². The van der Waals surface area contributed by atoms with E-state index < -0.39 is 0 Å². The largest absolute Gasteiger partial charge is 0.354 e. The molecule has 2 aliphatic heterocycles. The predicted octanol–water partition coefficient (Wildman–Crippen LogP) is 1.66. The summed E-state index contributed by atoms with van der Waals surface area (Å²) >= 11 is 5.88. The molecule has 0 amide bonds. The number of fused-ring (bicyclic) bond motifs is 1. The summed E-state index contributed by atoms with van der Waals surface area (Å²) in [7, 11) is 0. The van der Waals surface area contributed by atoms with Gasteiger partial charge in [-0.2, -0.15) is 0 Å². The van der Waals surface area contributed by atoms with Crippen LogP contribution in [0.25, 0.3) is 0 Å². The maximum Gasteiger partial charge on any atom is 0.194 e. The Morgan fingerprint density at radius 2 is 2.13 bits per heavy atom. The van der Waals surface area contributed by atoms with Crippen molar-refractivity contribution in [3.05, 3.63) is 34.9 Å². The first-order chi connectivity index (χ1) is 7.34. The molecule has 0 radical (unpaired) electrons. The zero-order chi connectivity index (χ0) is 10.3. The second kappa shape index (κ2) is 3.42. The van der Waals surface area contributed by atoms with Crippen LogP contribution in [0.2, 0.25) is 5.02 Å². The second-order valence-corrected chi connectivity index (χ2v) is 4.29. The summed E-state index contributed by atoms with van der Waals surface area (Å²) in [4.78, 5) is 6.80. The van der Waals surface area contributed by atoms with Crippen LogP contribution in [0.1, 0.15) is 11.6 Å². The van der Waals surface area contributed by atoms with E-state index in [0.717, 1.165) is 30.6 Å². The lowest BCUT2D eigenvalue weighted by Crippen LogP contribution is -2.28. The van der Waals surface area contributed by atoms with Crippen LogP contribution >= 0.6 is 11.6 Å². The molecule has 78 valence electrons. The van der Waals surface area contributed by atoms with Crippen LogP contribution in [0, 0.1) is 0 Å². The van der Waals surface area contributed by atoms with Crippen molar-refractivity contribution in [2.75, 3.05) is 19.6 Å². The Morgan fingerprint density at radius 3 is 2.93 bits per heavy atom. The van der Waals surface area contributed by atoms with Crippen molar-refractivity contribution in [3.63, 3.8) is 0 Å². The molecular weight excluding hydrogens is 210 g/mol. The SMILES string of the molecule is Clc1ccc(C2CN=C3NCCN32)cc1. The molecule has 0 aliphatic carbocycles. The van der Waals surface area contributed by atoms with Gasteiger partial charge in [0.05, 0.1) is 12.6 Å². The average molecular weight is 222 g/mol. The summed E-state index contributed by atoms with van der Waals surface area (Å²) in [6, 6.07) is 8.46. The molecule has 0 saturated carbocycles. The number of guanidine groups is 1. The number of benzene rings is 1. The quantitative estimate of drug-likeness (QED) is 0.781. The lowest BCUT2D eigenvalue weighted by Gasteiger charge is -2.21. The minimum atomic E-state index is 0.396. The van der Waals surface area contributed by atoms with E-state index >= 15 is 0 Å². The third-order valence-corrected chi connectivity index (χ3v) is 3.20. The number of halogens is 1. The van der Waals surface area contributed by atoms with Crippen molar-refractivity contribution in [2.24, 2.45) is 4.99 Å². The van der Waals surface area contributed by atoms with Gasteiger partial charge < -0.3 is 10.2 Å². The first-order valence-corrected chi connectivity index (χ1v) is 5.53. The summed E-state index contributed by atoms with van der Waals surface area (Å²) < 4.78 is 0. The van der Waals surface area contributed by atoms with Crippen molar-refractivity contribution >= 4 is 17.6 Å². The molecule has 1 aromatic carbocycles. The second-order valence-electron chi connectivity index (χ2n) is 3.85.